The maximum atomic E-state index is 11.7. The zero-order valence-electron chi connectivity index (χ0n) is 8.71. The Morgan fingerprint density at radius 3 is 2.94 bits per heavy atom. The Morgan fingerprint density at radius 2 is 2.44 bits per heavy atom. The van der Waals surface area contributed by atoms with Gasteiger partial charge in [0.1, 0.15) is 23.8 Å². The van der Waals surface area contributed by atoms with Crippen LogP contribution in [0.4, 0.5) is 0 Å². The van der Waals surface area contributed by atoms with Crippen LogP contribution >= 0.6 is 0 Å². The molecule has 0 radical (unpaired) electrons. The number of allylic oxidation sites excluding steroid dienone is 1. The summed E-state index contributed by atoms with van der Waals surface area (Å²) in [5.41, 5.74) is 0. The molecule has 0 aliphatic carbocycles. The van der Waals surface area contributed by atoms with Gasteiger partial charge in [-0.1, -0.05) is 0 Å². The number of hydrogen-bond donors (Lipinski definition) is 0. The SMILES string of the molecule is CCO/C=C(/C#N)S(=O)(=O)Cc1ccco1. The number of nitriles is 1. The molecule has 0 aliphatic heterocycles. The van der Waals surface area contributed by atoms with Gasteiger partial charge in [-0.25, -0.2) is 8.42 Å². The highest BCUT2D eigenvalue weighted by Gasteiger charge is 2.20. The van der Waals surface area contributed by atoms with Gasteiger partial charge in [0, 0.05) is 0 Å². The first kappa shape index (κ1) is 12.3. The van der Waals surface area contributed by atoms with Crippen LogP contribution in [0.15, 0.2) is 34.0 Å². The van der Waals surface area contributed by atoms with Gasteiger partial charge in [0.25, 0.3) is 0 Å². The summed E-state index contributed by atoms with van der Waals surface area (Å²) in [7, 11) is -3.69. The molecule has 0 aromatic carbocycles. The molecule has 0 spiro atoms. The van der Waals surface area contributed by atoms with Gasteiger partial charge >= 0.3 is 0 Å². The molecule has 0 saturated carbocycles. The summed E-state index contributed by atoms with van der Waals surface area (Å²) in [5.74, 6) is -0.0513. The lowest BCUT2D eigenvalue weighted by atomic mass is 10.5. The molecule has 1 aromatic heterocycles. The minimum absolute atomic E-state index is 0.289. The molecule has 0 bridgehead atoms. The summed E-state index contributed by atoms with van der Waals surface area (Å²) < 4.78 is 33.1. The Hall–Kier alpha value is -1.74. The van der Waals surface area contributed by atoms with Gasteiger partial charge in [0.15, 0.2) is 14.7 Å². The summed E-state index contributed by atoms with van der Waals surface area (Å²) in [5, 5.41) is 8.71. The monoisotopic (exact) mass is 241 g/mol. The summed E-state index contributed by atoms with van der Waals surface area (Å²) in [6, 6.07) is 4.72. The Balaban J connectivity index is 2.89. The maximum absolute atomic E-state index is 11.7. The standard InChI is InChI=1S/C10H11NO4S/c1-2-14-7-10(6-11)16(12,13)8-9-4-3-5-15-9/h3-5,7H,2,8H2,1H3/b10-7-. The van der Waals surface area contributed by atoms with Gasteiger partial charge < -0.3 is 9.15 Å². The van der Waals surface area contributed by atoms with Crippen LogP contribution in [0.25, 0.3) is 0 Å². The third-order valence-electron chi connectivity index (χ3n) is 1.71. The minimum Gasteiger partial charge on any atom is -0.499 e. The summed E-state index contributed by atoms with van der Waals surface area (Å²) >= 11 is 0. The molecular weight excluding hydrogens is 230 g/mol. The number of furan rings is 1. The lowest BCUT2D eigenvalue weighted by Gasteiger charge is -2.00. The van der Waals surface area contributed by atoms with Crippen molar-refractivity contribution in [2.75, 3.05) is 6.61 Å². The van der Waals surface area contributed by atoms with Crippen LogP contribution in [0.3, 0.4) is 0 Å². The van der Waals surface area contributed by atoms with Gasteiger partial charge in [-0.3, -0.25) is 0 Å². The molecule has 6 heteroatoms. The molecule has 86 valence electrons. The molecule has 5 nitrogen and oxygen atoms in total. The highest BCUT2D eigenvalue weighted by atomic mass is 32.2. The summed E-state index contributed by atoms with van der Waals surface area (Å²) in [6.45, 7) is 2.01. The van der Waals surface area contributed by atoms with E-state index in [1.807, 2.05) is 0 Å². The molecule has 0 fully saturated rings. The fraction of sp³-hybridized carbons (Fsp3) is 0.300. The van der Waals surface area contributed by atoms with Gasteiger partial charge in [-0.2, -0.15) is 5.26 Å². The van der Waals surface area contributed by atoms with E-state index in [0.29, 0.717) is 6.61 Å². The number of rotatable bonds is 5. The van der Waals surface area contributed by atoms with E-state index in [-0.39, 0.29) is 11.5 Å². The van der Waals surface area contributed by atoms with Crippen molar-refractivity contribution in [1.29, 1.82) is 5.26 Å². The number of sulfone groups is 1. The third kappa shape index (κ3) is 3.14. The first-order valence-electron chi connectivity index (χ1n) is 4.57. The molecule has 0 saturated heterocycles. The van der Waals surface area contributed by atoms with E-state index < -0.39 is 14.7 Å². The van der Waals surface area contributed by atoms with Crippen LogP contribution in [0.1, 0.15) is 12.7 Å². The Labute approximate surface area is 93.9 Å². The van der Waals surface area contributed by atoms with Crippen LogP contribution in [0.2, 0.25) is 0 Å². The van der Waals surface area contributed by atoms with Crippen LogP contribution < -0.4 is 0 Å². The third-order valence-corrected chi connectivity index (χ3v) is 3.24. The van der Waals surface area contributed by atoms with Gasteiger partial charge in [0.05, 0.1) is 12.9 Å². The quantitative estimate of drug-likeness (QED) is 0.577. The Kier molecular flexibility index (Phi) is 4.14. The average Bonchev–Trinajstić information content (AvgIpc) is 2.70. The van der Waals surface area contributed by atoms with Crippen LogP contribution in [-0.4, -0.2) is 15.0 Å². The topological polar surface area (TPSA) is 80.3 Å². The van der Waals surface area contributed by atoms with Gasteiger partial charge in [0.2, 0.25) is 0 Å². The molecular formula is C10H11NO4S. The lowest BCUT2D eigenvalue weighted by molar-refractivity contribution is 0.268. The highest BCUT2D eigenvalue weighted by molar-refractivity contribution is 7.94. The van der Waals surface area contributed by atoms with Crippen LogP contribution in [-0.2, 0) is 20.3 Å². The molecule has 1 rings (SSSR count). The van der Waals surface area contributed by atoms with Crippen molar-refractivity contribution in [3.8, 4) is 6.07 Å². The Morgan fingerprint density at radius 1 is 1.69 bits per heavy atom. The molecule has 0 aliphatic rings. The molecule has 0 unspecified atom stereocenters. The van der Waals surface area contributed by atoms with Crippen LogP contribution in [0, 0.1) is 11.3 Å². The fourth-order valence-corrected chi connectivity index (χ4v) is 2.04. The highest BCUT2D eigenvalue weighted by Crippen LogP contribution is 2.14. The van der Waals surface area contributed by atoms with E-state index in [2.05, 4.69) is 0 Å². The molecule has 0 amide bonds. The molecule has 1 aromatic rings. The smallest absolute Gasteiger partial charge is 0.198 e. The fourth-order valence-electron chi connectivity index (χ4n) is 0.988. The van der Waals surface area contributed by atoms with Crippen LogP contribution in [0.5, 0.6) is 0 Å². The molecule has 0 atom stereocenters. The number of nitrogens with zero attached hydrogens (tertiary/aromatic N) is 1. The second kappa shape index (κ2) is 5.37. The maximum Gasteiger partial charge on any atom is 0.198 e. The minimum atomic E-state index is -3.69. The second-order valence-electron chi connectivity index (χ2n) is 2.89. The van der Waals surface area contributed by atoms with Crippen molar-refractivity contribution in [2.24, 2.45) is 0 Å². The van der Waals surface area contributed by atoms with E-state index in [1.54, 1.807) is 19.1 Å². The van der Waals surface area contributed by atoms with Gasteiger partial charge in [-0.05, 0) is 19.1 Å². The van der Waals surface area contributed by atoms with E-state index in [1.165, 1.54) is 12.3 Å². The van der Waals surface area contributed by atoms with E-state index in [9.17, 15) is 8.42 Å². The predicted octanol–water partition coefficient (Wildman–Crippen LogP) is 1.60. The average molecular weight is 241 g/mol. The molecule has 1 heterocycles. The second-order valence-corrected chi connectivity index (χ2v) is 4.85. The largest absolute Gasteiger partial charge is 0.499 e. The zero-order valence-corrected chi connectivity index (χ0v) is 9.53. The van der Waals surface area contributed by atoms with Crippen molar-refractivity contribution in [3.05, 3.63) is 35.3 Å². The van der Waals surface area contributed by atoms with Crippen molar-refractivity contribution in [3.63, 3.8) is 0 Å². The lowest BCUT2D eigenvalue weighted by Crippen LogP contribution is -2.06. The zero-order chi connectivity index (χ0) is 12.0. The number of hydrogen-bond acceptors (Lipinski definition) is 5. The van der Waals surface area contributed by atoms with Crippen molar-refractivity contribution in [1.82, 2.24) is 0 Å². The van der Waals surface area contributed by atoms with E-state index >= 15 is 0 Å². The molecule has 16 heavy (non-hydrogen) atoms. The van der Waals surface area contributed by atoms with Crippen molar-refractivity contribution < 1.29 is 17.6 Å². The van der Waals surface area contributed by atoms with E-state index in [0.717, 1.165) is 6.26 Å². The summed E-state index contributed by atoms with van der Waals surface area (Å²) in [4.78, 5) is -0.397. The summed E-state index contributed by atoms with van der Waals surface area (Å²) in [6.07, 6.45) is 2.33. The first-order chi connectivity index (χ1) is 7.60. The first-order valence-corrected chi connectivity index (χ1v) is 6.22. The normalized spacial score (nSPS) is 12.1. The predicted molar refractivity (Wildman–Crippen MR) is 56.7 cm³/mol. The molecule has 0 N–H and O–H groups in total. The van der Waals surface area contributed by atoms with Gasteiger partial charge in [-0.15, -0.1) is 0 Å². The number of ether oxygens (including phenoxy) is 1. The van der Waals surface area contributed by atoms with Crippen molar-refractivity contribution >= 4 is 9.84 Å². The van der Waals surface area contributed by atoms with Crippen molar-refractivity contribution in [2.45, 2.75) is 12.7 Å². The van der Waals surface area contributed by atoms with E-state index in [4.69, 9.17) is 14.4 Å². The Bertz CT molecular complexity index is 493.